The zero-order chi connectivity index (χ0) is 16.5. The number of carbonyl (C=O) groups excluding carboxylic acids is 1. The zero-order valence-electron chi connectivity index (χ0n) is 13.4. The Morgan fingerprint density at radius 1 is 1.45 bits per heavy atom. The smallest absolute Gasteiger partial charge is 0.235 e. The Bertz CT molecular complexity index is 653. The lowest BCUT2D eigenvalue weighted by Crippen LogP contribution is -2.45. The Morgan fingerprint density at radius 3 is 2.73 bits per heavy atom. The predicted molar refractivity (Wildman–Crippen MR) is 81.8 cm³/mol. The minimum Gasteiger partial charge on any atom is -0.350 e. The minimum absolute atomic E-state index is 0.0264. The fourth-order valence-corrected chi connectivity index (χ4v) is 2.84. The summed E-state index contributed by atoms with van der Waals surface area (Å²) in [5.74, 6) is 1.84. The van der Waals surface area contributed by atoms with Gasteiger partial charge in [-0.3, -0.25) is 4.79 Å². The second-order valence-corrected chi connectivity index (χ2v) is 8.15. The van der Waals surface area contributed by atoms with E-state index in [2.05, 4.69) is 33.9 Å². The van der Waals surface area contributed by atoms with E-state index in [1.807, 2.05) is 0 Å². The van der Waals surface area contributed by atoms with Crippen molar-refractivity contribution in [2.24, 2.45) is 0 Å². The molecule has 0 saturated heterocycles. The summed E-state index contributed by atoms with van der Waals surface area (Å²) in [5.41, 5.74) is 0. The molecule has 1 aliphatic rings. The molecule has 2 rings (SSSR count). The number of rotatable bonds is 5. The third-order valence-corrected chi connectivity index (χ3v) is 5.05. The van der Waals surface area contributed by atoms with Crippen LogP contribution in [0.15, 0.2) is 0 Å². The van der Waals surface area contributed by atoms with Gasteiger partial charge in [-0.05, 0) is 6.42 Å². The van der Waals surface area contributed by atoms with Crippen LogP contribution < -0.4 is 5.32 Å². The van der Waals surface area contributed by atoms with Gasteiger partial charge in [0.15, 0.2) is 0 Å². The Morgan fingerprint density at radius 2 is 2.14 bits per heavy atom. The molecule has 0 radical (unpaired) electrons. The highest BCUT2D eigenvalue weighted by Gasteiger charge is 2.25. The van der Waals surface area contributed by atoms with Crippen LogP contribution in [-0.4, -0.2) is 59.3 Å². The standard InChI is InChI=1S/C13H23N5O3S/c1-9(2)13-16-15-11-6-5-10(7-18(11)13)14-12(19)8-17(3)22(4,20)21/h9-10H,5-8H2,1-4H3,(H,14,19)/t10-/m0/s1. The van der Waals surface area contributed by atoms with Crippen molar-refractivity contribution in [3.8, 4) is 0 Å². The van der Waals surface area contributed by atoms with Gasteiger partial charge < -0.3 is 9.88 Å². The van der Waals surface area contributed by atoms with Crippen LogP contribution in [0.5, 0.6) is 0 Å². The maximum absolute atomic E-state index is 12.0. The van der Waals surface area contributed by atoms with Crippen LogP contribution in [-0.2, 0) is 27.8 Å². The van der Waals surface area contributed by atoms with Gasteiger partial charge >= 0.3 is 0 Å². The van der Waals surface area contributed by atoms with E-state index in [1.54, 1.807) is 0 Å². The molecule has 22 heavy (non-hydrogen) atoms. The maximum atomic E-state index is 12.0. The van der Waals surface area contributed by atoms with Crippen LogP contribution in [0.3, 0.4) is 0 Å². The molecule has 0 fully saturated rings. The van der Waals surface area contributed by atoms with Crippen molar-refractivity contribution in [1.29, 1.82) is 0 Å². The Hall–Kier alpha value is -1.48. The lowest BCUT2D eigenvalue weighted by molar-refractivity contribution is -0.122. The highest BCUT2D eigenvalue weighted by Crippen LogP contribution is 2.20. The van der Waals surface area contributed by atoms with Crippen molar-refractivity contribution in [2.45, 2.75) is 45.2 Å². The van der Waals surface area contributed by atoms with Gasteiger partial charge in [0.1, 0.15) is 11.6 Å². The summed E-state index contributed by atoms with van der Waals surface area (Å²) >= 11 is 0. The van der Waals surface area contributed by atoms with Gasteiger partial charge in [-0.2, -0.15) is 4.31 Å². The van der Waals surface area contributed by atoms with Gasteiger partial charge in [-0.1, -0.05) is 13.8 Å². The molecule has 8 nitrogen and oxygen atoms in total. The van der Waals surface area contributed by atoms with Crippen molar-refractivity contribution >= 4 is 15.9 Å². The molecule has 9 heteroatoms. The molecular formula is C13H23N5O3S. The van der Waals surface area contributed by atoms with Gasteiger partial charge in [0.2, 0.25) is 15.9 Å². The summed E-state index contributed by atoms with van der Waals surface area (Å²) < 4.78 is 25.8. The number of fused-ring (bicyclic) bond motifs is 1. The van der Waals surface area contributed by atoms with E-state index >= 15 is 0 Å². The van der Waals surface area contributed by atoms with Crippen molar-refractivity contribution in [3.63, 3.8) is 0 Å². The molecule has 1 aromatic rings. The summed E-state index contributed by atoms with van der Waals surface area (Å²) in [6, 6.07) is -0.0264. The molecule has 1 atom stereocenters. The Kier molecular flexibility index (Phi) is 4.86. The van der Waals surface area contributed by atoms with Gasteiger partial charge in [0.25, 0.3) is 0 Å². The van der Waals surface area contributed by atoms with Crippen LogP contribution >= 0.6 is 0 Å². The van der Waals surface area contributed by atoms with Crippen molar-refractivity contribution in [3.05, 3.63) is 11.6 Å². The van der Waals surface area contributed by atoms with E-state index in [9.17, 15) is 13.2 Å². The number of aryl methyl sites for hydroxylation is 1. The van der Waals surface area contributed by atoms with Crippen molar-refractivity contribution < 1.29 is 13.2 Å². The molecule has 1 aliphatic heterocycles. The fraction of sp³-hybridized carbons (Fsp3) is 0.769. The van der Waals surface area contributed by atoms with Gasteiger partial charge in [-0.15, -0.1) is 10.2 Å². The molecular weight excluding hydrogens is 306 g/mol. The average molecular weight is 329 g/mol. The monoisotopic (exact) mass is 329 g/mol. The van der Waals surface area contributed by atoms with E-state index in [-0.39, 0.29) is 24.4 Å². The fourth-order valence-electron chi connectivity index (χ4n) is 2.49. The summed E-state index contributed by atoms with van der Waals surface area (Å²) in [7, 11) is -1.96. The number of hydrogen-bond donors (Lipinski definition) is 1. The van der Waals surface area contributed by atoms with E-state index in [0.717, 1.165) is 35.1 Å². The van der Waals surface area contributed by atoms with Crippen LogP contribution in [0.1, 0.15) is 37.8 Å². The van der Waals surface area contributed by atoms with Crippen LogP contribution in [0.4, 0.5) is 0 Å². The third kappa shape index (κ3) is 3.83. The zero-order valence-corrected chi connectivity index (χ0v) is 14.2. The molecule has 1 amide bonds. The summed E-state index contributed by atoms with van der Waals surface area (Å²) in [5, 5.41) is 11.3. The first kappa shape index (κ1) is 16.9. The van der Waals surface area contributed by atoms with E-state index in [4.69, 9.17) is 0 Å². The van der Waals surface area contributed by atoms with Gasteiger partial charge in [0.05, 0.1) is 12.8 Å². The van der Waals surface area contributed by atoms with E-state index in [1.165, 1.54) is 7.05 Å². The molecule has 0 aromatic carbocycles. The first-order valence-electron chi connectivity index (χ1n) is 7.31. The maximum Gasteiger partial charge on any atom is 0.235 e. The average Bonchev–Trinajstić information content (AvgIpc) is 2.80. The number of hydrogen-bond acceptors (Lipinski definition) is 5. The molecule has 2 heterocycles. The number of nitrogens with zero attached hydrogens (tertiary/aromatic N) is 4. The lowest BCUT2D eigenvalue weighted by atomic mass is 10.1. The van der Waals surface area contributed by atoms with Crippen molar-refractivity contribution in [1.82, 2.24) is 24.4 Å². The summed E-state index contributed by atoms with van der Waals surface area (Å²) in [6.45, 7) is 4.58. The molecule has 0 spiro atoms. The van der Waals surface area contributed by atoms with E-state index in [0.29, 0.717) is 6.54 Å². The molecule has 1 aromatic heterocycles. The quantitative estimate of drug-likeness (QED) is 0.801. The third-order valence-electron chi connectivity index (χ3n) is 3.79. The topological polar surface area (TPSA) is 97.2 Å². The Balaban J connectivity index is 1.98. The normalized spacial score (nSPS) is 18.5. The first-order chi connectivity index (χ1) is 10.2. The SMILES string of the molecule is CC(C)c1nnc2n1C[C@@H](NC(=O)CN(C)S(C)(=O)=O)CC2. The van der Waals surface area contributed by atoms with Gasteiger partial charge in [-0.25, -0.2) is 8.42 Å². The number of amides is 1. The molecule has 1 N–H and O–H groups in total. The molecule has 0 bridgehead atoms. The molecule has 0 aliphatic carbocycles. The number of carbonyl (C=O) groups is 1. The Labute approximate surface area is 130 Å². The van der Waals surface area contributed by atoms with Crippen molar-refractivity contribution in [2.75, 3.05) is 19.8 Å². The second-order valence-electron chi connectivity index (χ2n) is 6.06. The number of aromatic nitrogens is 3. The largest absolute Gasteiger partial charge is 0.350 e. The number of likely N-dealkylation sites (N-methyl/N-ethyl adjacent to an activating group) is 1. The van der Waals surface area contributed by atoms with E-state index < -0.39 is 10.0 Å². The number of sulfonamides is 1. The van der Waals surface area contributed by atoms with Crippen LogP contribution in [0.2, 0.25) is 0 Å². The van der Waals surface area contributed by atoms with Gasteiger partial charge in [0, 0.05) is 32.0 Å². The second kappa shape index (κ2) is 6.33. The highest BCUT2D eigenvalue weighted by atomic mass is 32.2. The van der Waals surface area contributed by atoms with Crippen LogP contribution in [0, 0.1) is 0 Å². The van der Waals surface area contributed by atoms with Crippen LogP contribution in [0.25, 0.3) is 0 Å². The first-order valence-corrected chi connectivity index (χ1v) is 9.16. The summed E-state index contributed by atoms with van der Waals surface area (Å²) in [6.07, 6.45) is 2.62. The molecule has 124 valence electrons. The highest BCUT2D eigenvalue weighted by molar-refractivity contribution is 7.88. The molecule has 0 saturated carbocycles. The molecule has 0 unspecified atom stereocenters. The summed E-state index contributed by atoms with van der Waals surface area (Å²) in [4.78, 5) is 12.0. The minimum atomic E-state index is -3.35. The predicted octanol–water partition coefficient (Wildman–Crippen LogP) is -0.276. The lowest BCUT2D eigenvalue weighted by Gasteiger charge is -2.26. The number of nitrogens with one attached hydrogen (secondary N) is 1.